The van der Waals surface area contributed by atoms with E-state index in [1.54, 1.807) is 16.7 Å². The Labute approximate surface area is 121 Å². The van der Waals surface area contributed by atoms with Gasteiger partial charge in [-0.3, -0.25) is 4.98 Å². The summed E-state index contributed by atoms with van der Waals surface area (Å²) < 4.78 is 26.6. The van der Waals surface area contributed by atoms with Crippen molar-refractivity contribution in [3.05, 3.63) is 30.1 Å². The number of sulfonamides is 1. The van der Waals surface area contributed by atoms with Crippen molar-refractivity contribution in [2.45, 2.75) is 26.3 Å². The van der Waals surface area contributed by atoms with E-state index in [2.05, 4.69) is 10.3 Å². The average Bonchev–Trinajstić information content (AvgIpc) is 2.46. The minimum Gasteiger partial charge on any atom is -0.317 e. The molecule has 0 aromatic carbocycles. The molecule has 1 fully saturated rings. The number of rotatable bonds is 6. The lowest BCUT2D eigenvalue weighted by Gasteiger charge is -2.26. The smallest absolute Gasteiger partial charge is 0.214 e. The Hall–Kier alpha value is -0.980. The number of nitrogens with zero attached hydrogens (tertiary/aromatic N) is 2. The van der Waals surface area contributed by atoms with E-state index in [1.807, 2.05) is 19.1 Å². The highest BCUT2D eigenvalue weighted by molar-refractivity contribution is 7.89. The van der Waals surface area contributed by atoms with Gasteiger partial charge in [0.2, 0.25) is 10.0 Å². The van der Waals surface area contributed by atoms with Crippen molar-refractivity contribution in [2.75, 3.05) is 25.4 Å². The normalized spacial score (nSPS) is 17.5. The maximum atomic E-state index is 12.5. The maximum absolute atomic E-state index is 12.5. The predicted molar refractivity (Wildman–Crippen MR) is 79.7 cm³/mol. The van der Waals surface area contributed by atoms with Gasteiger partial charge in [0.1, 0.15) is 0 Å². The van der Waals surface area contributed by atoms with Gasteiger partial charge in [-0.15, -0.1) is 0 Å². The van der Waals surface area contributed by atoms with Crippen LogP contribution in [0.2, 0.25) is 0 Å². The van der Waals surface area contributed by atoms with Crippen LogP contribution < -0.4 is 5.32 Å². The Kier molecular flexibility index (Phi) is 5.51. The molecule has 0 saturated carbocycles. The molecule has 2 rings (SSSR count). The second-order valence-electron chi connectivity index (χ2n) is 5.25. The zero-order valence-corrected chi connectivity index (χ0v) is 12.8. The van der Waals surface area contributed by atoms with Crippen LogP contribution in [-0.2, 0) is 16.6 Å². The summed E-state index contributed by atoms with van der Waals surface area (Å²) in [5, 5.41) is 3.27. The summed E-state index contributed by atoms with van der Waals surface area (Å²) in [4.78, 5) is 3.96. The van der Waals surface area contributed by atoms with Crippen molar-refractivity contribution < 1.29 is 8.42 Å². The highest BCUT2D eigenvalue weighted by atomic mass is 32.2. The van der Waals surface area contributed by atoms with E-state index in [1.165, 1.54) is 0 Å². The van der Waals surface area contributed by atoms with Crippen molar-refractivity contribution in [1.29, 1.82) is 0 Å². The molecule has 0 aliphatic carbocycles. The van der Waals surface area contributed by atoms with E-state index >= 15 is 0 Å². The number of aromatic nitrogens is 1. The lowest BCUT2D eigenvalue weighted by Crippen LogP contribution is -2.38. The molecular weight excluding hydrogens is 274 g/mol. The third kappa shape index (κ3) is 4.26. The van der Waals surface area contributed by atoms with Gasteiger partial charge in [-0.25, -0.2) is 8.42 Å². The van der Waals surface area contributed by atoms with Crippen molar-refractivity contribution in [2.24, 2.45) is 5.92 Å². The Morgan fingerprint density at radius 1 is 1.30 bits per heavy atom. The molecule has 0 spiro atoms. The van der Waals surface area contributed by atoms with Gasteiger partial charge in [0.05, 0.1) is 5.75 Å². The van der Waals surface area contributed by atoms with Crippen molar-refractivity contribution in [3.63, 3.8) is 0 Å². The van der Waals surface area contributed by atoms with Gasteiger partial charge in [-0.1, -0.05) is 6.92 Å². The second kappa shape index (κ2) is 7.15. The highest BCUT2D eigenvalue weighted by Gasteiger charge is 2.26. The Balaban J connectivity index is 2.01. The van der Waals surface area contributed by atoms with Gasteiger partial charge in [0, 0.05) is 25.5 Å². The quantitative estimate of drug-likeness (QED) is 0.858. The monoisotopic (exact) mass is 297 g/mol. The fraction of sp³-hybridized carbons (Fsp3) is 0.643. The number of hydrogen-bond acceptors (Lipinski definition) is 4. The van der Waals surface area contributed by atoms with Crippen molar-refractivity contribution in [3.8, 4) is 0 Å². The van der Waals surface area contributed by atoms with E-state index in [4.69, 9.17) is 0 Å². The van der Waals surface area contributed by atoms with Crippen LogP contribution in [0.5, 0.6) is 0 Å². The first-order valence-electron chi connectivity index (χ1n) is 7.19. The zero-order valence-electron chi connectivity index (χ0n) is 12.0. The zero-order chi connectivity index (χ0) is 14.4. The molecule has 0 atom stereocenters. The standard InChI is InChI=1S/C14H23N3O2S/c1-2-17(11-13-3-7-15-8-4-13)20(18,19)12-14-5-9-16-10-6-14/h3-4,7-8,14,16H,2,5-6,9-12H2,1H3. The molecule has 1 aromatic rings. The predicted octanol–water partition coefficient (Wildman–Crippen LogP) is 1.23. The number of pyridine rings is 1. The van der Waals surface area contributed by atoms with Gasteiger partial charge in [0.15, 0.2) is 0 Å². The summed E-state index contributed by atoms with van der Waals surface area (Å²) in [5.41, 5.74) is 0.982. The summed E-state index contributed by atoms with van der Waals surface area (Å²) in [5.74, 6) is 0.556. The number of piperidine rings is 1. The van der Waals surface area contributed by atoms with Crippen LogP contribution in [-0.4, -0.2) is 43.1 Å². The first kappa shape index (κ1) is 15.4. The van der Waals surface area contributed by atoms with Crippen LogP contribution in [0.1, 0.15) is 25.3 Å². The van der Waals surface area contributed by atoms with Crippen LogP contribution in [0.3, 0.4) is 0 Å². The van der Waals surface area contributed by atoms with Gasteiger partial charge >= 0.3 is 0 Å². The molecule has 1 aliphatic heterocycles. The molecule has 0 amide bonds. The van der Waals surface area contributed by atoms with E-state index < -0.39 is 10.0 Å². The van der Waals surface area contributed by atoms with Gasteiger partial charge in [-0.2, -0.15) is 4.31 Å². The fourth-order valence-electron chi connectivity index (χ4n) is 2.55. The fourth-order valence-corrected chi connectivity index (χ4v) is 4.43. The summed E-state index contributed by atoms with van der Waals surface area (Å²) >= 11 is 0. The molecule has 1 saturated heterocycles. The van der Waals surface area contributed by atoms with E-state index in [0.717, 1.165) is 31.5 Å². The molecular formula is C14H23N3O2S. The molecule has 1 aliphatic rings. The lowest BCUT2D eigenvalue weighted by molar-refractivity contribution is 0.378. The second-order valence-corrected chi connectivity index (χ2v) is 7.27. The third-order valence-electron chi connectivity index (χ3n) is 3.76. The minimum absolute atomic E-state index is 0.271. The number of hydrogen-bond donors (Lipinski definition) is 1. The summed E-state index contributed by atoms with van der Waals surface area (Å²) in [6.45, 7) is 4.69. The topological polar surface area (TPSA) is 62.3 Å². The first-order chi connectivity index (χ1) is 9.62. The largest absolute Gasteiger partial charge is 0.317 e. The molecule has 1 aromatic heterocycles. The van der Waals surface area contributed by atoms with Gasteiger partial charge in [-0.05, 0) is 49.5 Å². The van der Waals surface area contributed by atoms with E-state index in [0.29, 0.717) is 13.1 Å². The number of nitrogens with one attached hydrogen (secondary N) is 1. The first-order valence-corrected chi connectivity index (χ1v) is 8.80. The van der Waals surface area contributed by atoms with Crippen molar-refractivity contribution in [1.82, 2.24) is 14.6 Å². The van der Waals surface area contributed by atoms with Crippen LogP contribution in [0.25, 0.3) is 0 Å². The van der Waals surface area contributed by atoms with Crippen LogP contribution in [0.4, 0.5) is 0 Å². The summed E-state index contributed by atoms with van der Waals surface area (Å²) in [7, 11) is -3.19. The minimum atomic E-state index is -3.19. The van der Waals surface area contributed by atoms with E-state index in [-0.39, 0.29) is 11.7 Å². The third-order valence-corrected chi connectivity index (χ3v) is 5.83. The SMILES string of the molecule is CCN(Cc1ccncc1)S(=O)(=O)CC1CCNCC1. The van der Waals surface area contributed by atoms with Crippen LogP contribution in [0, 0.1) is 5.92 Å². The maximum Gasteiger partial charge on any atom is 0.214 e. The Morgan fingerprint density at radius 3 is 2.55 bits per heavy atom. The summed E-state index contributed by atoms with van der Waals surface area (Å²) in [6, 6.07) is 3.73. The van der Waals surface area contributed by atoms with Crippen LogP contribution >= 0.6 is 0 Å². The molecule has 2 heterocycles. The van der Waals surface area contributed by atoms with Crippen molar-refractivity contribution >= 4 is 10.0 Å². The van der Waals surface area contributed by atoms with Crippen LogP contribution in [0.15, 0.2) is 24.5 Å². The average molecular weight is 297 g/mol. The Morgan fingerprint density at radius 2 is 1.95 bits per heavy atom. The Bertz CT molecular complexity index is 498. The molecule has 112 valence electrons. The molecule has 6 heteroatoms. The summed E-state index contributed by atoms with van der Waals surface area (Å²) in [6.07, 6.45) is 5.29. The lowest BCUT2D eigenvalue weighted by atomic mass is 10.0. The molecule has 0 unspecified atom stereocenters. The van der Waals surface area contributed by atoms with Gasteiger partial charge in [0.25, 0.3) is 0 Å². The highest BCUT2D eigenvalue weighted by Crippen LogP contribution is 2.18. The molecule has 0 bridgehead atoms. The van der Waals surface area contributed by atoms with E-state index in [9.17, 15) is 8.42 Å². The molecule has 20 heavy (non-hydrogen) atoms. The molecule has 1 N–H and O–H groups in total. The molecule has 0 radical (unpaired) electrons. The van der Waals surface area contributed by atoms with Gasteiger partial charge < -0.3 is 5.32 Å². The molecule has 5 nitrogen and oxygen atoms in total.